The van der Waals surface area contributed by atoms with Crippen molar-refractivity contribution in [2.75, 3.05) is 18.6 Å². The lowest BCUT2D eigenvalue weighted by atomic mass is 10.7. The van der Waals surface area contributed by atoms with Crippen molar-refractivity contribution in [2.45, 2.75) is 6.92 Å². The van der Waals surface area contributed by atoms with Crippen LogP contribution in [0.25, 0.3) is 0 Å². The molecular formula is C5H10N4O. The molecule has 1 aromatic heterocycles. The van der Waals surface area contributed by atoms with Crippen molar-refractivity contribution < 1.29 is 4.52 Å². The molecule has 10 heavy (non-hydrogen) atoms. The van der Waals surface area contributed by atoms with Crippen molar-refractivity contribution in [1.82, 2.24) is 10.1 Å². The maximum atomic E-state index is 5.32. The van der Waals surface area contributed by atoms with Crippen LogP contribution in [0.15, 0.2) is 4.52 Å². The van der Waals surface area contributed by atoms with Gasteiger partial charge < -0.3 is 15.2 Å². The molecule has 0 bridgehead atoms. The molecule has 5 nitrogen and oxygen atoms in total. The summed E-state index contributed by atoms with van der Waals surface area (Å²) in [5.74, 6) is 1.08. The Balaban J connectivity index is 2.74. The number of aryl methyl sites for hydroxylation is 1. The Hall–Kier alpha value is -1.10. The summed E-state index contributed by atoms with van der Waals surface area (Å²) in [6.45, 7) is 2.12. The first-order valence-electron chi connectivity index (χ1n) is 2.95. The number of hydrogen-bond acceptors (Lipinski definition) is 5. The molecule has 0 saturated carbocycles. The van der Waals surface area contributed by atoms with E-state index in [-0.39, 0.29) is 0 Å². The summed E-state index contributed by atoms with van der Waals surface area (Å²) in [7, 11) is 1.80. The summed E-state index contributed by atoms with van der Waals surface area (Å²) in [4.78, 5) is 5.64. The Bertz CT molecular complexity index is 209. The molecule has 0 unspecified atom stereocenters. The molecule has 0 atom stereocenters. The molecule has 0 aromatic carbocycles. The van der Waals surface area contributed by atoms with E-state index in [4.69, 9.17) is 10.3 Å². The van der Waals surface area contributed by atoms with Gasteiger partial charge in [-0.15, -0.1) is 0 Å². The van der Waals surface area contributed by atoms with Gasteiger partial charge in [-0.05, 0) is 5.16 Å². The third kappa shape index (κ3) is 1.24. The second kappa shape index (κ2) is 2.66. The zero-order valence-corrected chi connectivity index (χ0v) is 6.03. The van der Waals surface area contributed by atoms with Gasteiger partial charge in [-0.3, -0.25) is 0 Å². The lowest BCUT2D eigenvalue weighted by Crippen LogP contribution is -2.25. The summed E-state index contributed by atoms with van der Waals surface area (Å²) in [6, 6.07) is 0. The van der Waals surface area contributed by atoms with Crippen molar-refractivity contribution in [3.05, 3.63) is 5.89 Å². The minimum Gasteiger partial charge on any atom is -0.338 e. The van der Waals surface area contributed by atoms with Crippen molar-refractivity contribution in [3.8, 4) is 0 Å². The lowest BCUT2D eigenvalue weighted by molar-refractivity contribution is 0.393. The third-order valence-corrected chi connectivity index (χ3v) is 1.13. The third-order valence-electron chi connectivity index (χ3n) is 1.13. The maximum absolute atomic E-state index is 5.32. The van der Waals surface area contributed by atoms with Gasteiger partial charge in [0, 0.05) is 14.0 Å². The van der Waals surface area contributed by atoms with Crippen LogP contribution in [-0.4, -0.2) is 23.9 Å². The van der Waals surface area contributed by atoms with Crippen molar-refractivity contribution in [1.29, 1.82) is 0 Å². The summed E-state index contributed by atoms with van der Waals surface area (Å²) in [5.41, 5.74) is 5.32. The fourth-order valence-electron chi connectivity index (χ4n) is 0.525. The van der Waals surface area contributed by atoms with Crippen LogP contribution in [0.1, 0.15) is 5.89 Å². The first-order chi connectivity index (χ1) is 4.74. The monoisotopic (exact) mass is 142 g/mol. The Morgan fingerprint density at radius 1 is 1.70 bits per heavy atom. The molecule has 56 valence electrons. The fourth-order valence-corrected chi connectivity index (χ4v) is 0.525. The van der Waals surface area contributed by atoms with Gasteiger partial charge in [-0.2, -0.15) is 4.98 Å². The number of rotatable bonds is 2. The molecule has 0 amide bonds. The van der Waals surface area contributed by atoms with E-state index in [1.807, 2.05) is 0 Å². The lowest BCUT2D eigenvalue weighted by Gasteiger charge is -2.08. The Morgan fingerprint density at radius 2 is 2.40 bits per heavy atom. The summed E-state index contributed by atoms with van der Waals surface area (Å²) < 4.78 is 4.73. The SMILES string of the molecule is Cc1nc(N(C)CN)no1. The summed E-state index contributed by atoms with van der Waals surface area (Å²) in [6.07, 6.45) is 0. The van der Waals surface area contributed by atoms with Crippen molar-refractivity contribution in [3.63, 3.8) is 0 Å². The van der Waals surface area contributed by atoms with Gasteiger partial charge >= 0.3 is 0 Å². The van der Waals surface area contributed by atoms with Crippen LogP contribution in [0.4, 0.5) is 5.95 Å². The van der Waals surface area contributed by atoms with Crippen LogP contribution in [-0.2, 0) is 0 Å². The summed E-state index contributed by atoms with van der Waals surface area (Å²) in [5, 5.41) is 3.65. The first-order valence-corrected chi connectivity index (χ1v) is 2.95. The number of hydrogen-bond donors (Lipinski definition) is 1. The number of nitrogens with two attached hydrogens (primary N) is 1. The van der Waals surface area contributed by atoms with Crippen LogP contribution < -0.4 is 10.6 Å². The van der Waals surface area contributed by atoms with E-state index < -0.39 is 0 Å². The van der Waals surface area contributed by atoms with Crippen LogP contribution in [0, 0.1) is 6.92 Å². The van der Waals surface area contributed by atoms with Gasteiger partial charge in [0.1, 0.15) is 0 Å². The van der Waals surface area contributed by atoms with Gasteiger partial charge in [0.05, 0.1) is 6.67 Å². The zero-order chi connectivity index (χ0) is 7.56. The largest absolute Gasteiger partial charge is 0.338 e. The molecule has 0 aliphatic carbocycles. The van der Waals surface area contributed by atoms with Gasteiger partial charge in [-0.1, -0.05) is 0 Å². The second-order valence-electron chi connectivity index (χ2n) is 1.99. The smallest absolute Gasteiger partial charge is 0.266 e. The molecule has 1 rings (SSSR count). The van der Waals surface area contributed by atoms with Crippen LogP contribution in [0.5, 0.6) is 0 Å². The van der Waals surface area contributed by atoms with Crippen LogP contribution in [0.2, 0.25) is 0 Å². The maximum Gasteiger partial charge on any atom is 0.266 e. The molecular weight excluding hydrogens is 132 g/mol. The van der Waals surface area contributed by atoms with Gasteiger partial charge in [0.2, 0.25) is 5.89 Å². The van der Waals surface area contributed by atoms with Gasteiger partial charge in [0.15, 0.2) is 0 Å². The number of aromatic nitrogens is 2. The van der Waals surface area contributed by atoms with E-state index in [0.717, 1.165) is 0 Å². The molecule has 0 fully saturated rings. The average Bonchev–Trinajstić information content (AvgIpc) is 2.34. The van der Waals surface area contributed by atoms with E-state index in [9.17, 15) is 0 Å². The van der Waals surface area contributed by atoms with E-state index >= 15 is 0 Å². The normalized spacial score (nSPS) is 9.90. The van der Waals surface area contributed by atoms with E-state index in [2.05, 4.69) is 10.1 Å². The van der Waals surface area contributed by atoms with Crippen molar-refractivity contribution in [2.24, 2.45) is 5.73 Å². The molecule has 0 spiro atoms. The highest BCUT2D eigenvalue weighted by Crippen LogP contribution is 2.03. The minimum atomic E-state index is 0.388. The molecule has 0 aliphatic heterocycles. The molecule has 0 aliphatic rings. The highest BCUT2D eigenvalue weighted by atomic mass is 16.5. The standard InChI is InChI=1S/C5H10N4O/c1-4-7-5(8-10-4)9(2)3-6/h3,6H2,1-2H3. The molecule has 1 aromatic rings. The Kier molecular flexibility index (Phi) is 1.86. The highest BCUT2D eigenvalue weighted by Gasteiger charge is 2.04. The predicted molar refractivity (Wildman–Crippen MR) is 36.5 cm³/mol. The Labute approximate surface area is 58.8 Å². The minimum absolute atomic E-state index is 0.388. The molecule has 5 heteroatoms. The molecule has 1 heterocycles. The number of anilines is 1. The first kappa shape index (κ1) is 7.01. The Morgan fingerprint density at radius 3 is 2.80 bits per heavy atom. The van der Waals surface area contributed by atoms with E-state index in [1.54, 1.807) is 18.9 Å². The van der Waals surface area contributed by atoms with Crippen LogP contribution in [0.3, 0.4) is 0 Å². The molecule has 2 N–H and O–H groups in total. The van der Waals surface area contributed by atoms with E-state index in [1.165, 1.54) is 0 Å². The topological polar surface area (TPSA) is 68.2 Å². The predicted octanol–water partition coefficient (Wildman–Crippen LogP) is -0.270. The van der Waals surface area contributed by atoms with Gasteiger partial charge in [0.25, 0.3) is 5.95 Å². The van der Waals surface area contributed by atoms with Gasteiger partial charge in [-0.25, -0.2) is 0 Å². The van der Waals surface area contributed by atoms with Crippen molar-refractivity contribution >= 4 is 5.95 Å². The average molecular weight is 142 g/mol. The number of nitrogens with zero attached hydrogens (tertiary/aromatic N) is 3. The highest BCUT2D eigenvalue weighted by molar-refractivity contribution is 5.24. The molecule has 0 saturated heterocycles. The quantitative estimate of drug-likeness (QED) is 0.576. The fraction of sp³-hybridized carbons (Fsp3) is 0.600. The second-order valence-corrected chi connectivity index (χ2v) is 1.99. The zero-order valence-electron chi connectivity index (χ0n) is 6.03. The van der Waals surface area contributed by atoms with Crippen LogP contribution >= 0.6 is 0 Å². The summed E-state index contributed by atoms with van der Waals surface area (Å²) >= 11 is 0. The molecule has 0 radical (unpaired) electrons. The van der Waals surface area contributed by atoms with E-state index in [0.29, 0.717) is 18.5 Å².